The Morgan fingerprint density at radius 3 is 2.53 bits per heavy atom. The summed E-state index contributed by atoms with van der Waals surface area (Å²) < 4.78 is 7.40. The quantitative estimate of drug-likeness (QED) is 0.383. The molecule has 6 heteroatoms. The van der Waals surface area contributed by atoms with Crippen LogP contribution >= 0.6 is 0 Å². The first-order chi connectivity index (χ1) is 15.7. The van der Waals surface area contributed by atoms with Gasteiger partial charge in [-0.2, -0.15) is 4.98 Å². The van der Waals surface area contributed by atoms with Crippen LogP contribution in [0.2, 0.25) is 0 Å². The van der Waals surface area contributed by atoms with Gasteiger partial charge in [-0.3, -0.25) is 4.57 Å². The lowest BCUT2D eigenvalue weighted by Gasteiger charge is -2.16. The molecule has 158 valence electrons. The minimum absolute atomic E-state index is 0.0455. The molecule has 0 aliphatic rings. The van der Waals surface area contributed by atoms with Gasteiger partial charge in [-0.1, -0.05) is 54.6 Å². The summed E-state index contributed by atoms with van der Waals surface area (Å²) in [5.74, 6) is 2.08. The Kier molecular flexibility index (Phi) is 5.25. The summed E-state index contributed by atoms with van der Waals surface area (Å²) in [5, 5.41) is 3.46. The van der Waals surface area contributed by atoms with Crippen LogP contribution in [-0.2, 0) is 0 Å². The molecule has 2 heterocycles. The Hall–Kier alpha value is -4.19. The number of fused-ring (bicyclic) bond motifs is 1. The molecule has 0 saturated heterocycles. The number of anilines is 1. The average molecular weight is 422 g/mol. The summed E-state index contributed by atoms with van der Waals surface area (Å²) in [6.45, 7) is 2.10. The fraction of sp³-hybridized carbons (Fsp3) is 0.115. The maximum absolute atomic E-state index is 5.41. The molecular formula is C26H23N5O. The third kappa shape index (κ3) is 3.90. The second-order valence-electron chi connectivity index (χ2n) is 7.55. The van der Waals surface area contributed by atoms with Crippen molar-refractivity contribution in [3.05, 3.63) is 96.8 Å². The number of nitrogens with one attached hydrogen (secondary N) is 1. The Morgan fingerprint density at radius 2 is 1.69 bits per heavy atom. The van der Waals surface area contributed by atoms with Gasteiger partial charge in [0.05, 0.1) is 29.9 Å². The predicted octanol–water partition coefficient (Wildman–Crippen LogP) is 5.66. The number of benzene rings is 3. The smallest absolute Gasteiger partial charge is 0.225 e. The standard InChI is InChI=1S/C26H23N5O/c1-18(19-9-4-3-5-10-19)28-26-29-23(20-11-8-12-21(15-20)32-2)16-25(30-26)31-17-27-22-13-6-7-14-24(22)31/h3-18H,1-2H3,(H,28,29,30)/t18-/m0/s1. The molecule has 5 rings (SSSR count). The van der Waals surface area contributed by atoms with E-state index >= 15 is 0 Å². The molecule has 2 aromatic heterocycles. The highest BCUT2D eigenvalue weighted by atomic mass is 16.5. The zero-order valence-corrected chi connectivity index (χ0v) is 17.9. The van der Waals surface area contributed by atoms with Crippen LogP contribution in [0.5, 0.6) is 5.75 Å². The molecule has 6 nitrogen and oxygen atoms in total. The Bertz CT molecular complexity index is 1360. The molecule has 0 radical (unpaired) electrons. The molecule has 1 N–H and O–H groups in total. The lowest BCUT2D eigenvalue weighted by atomic mass is 10.1. The van der Waals surface area contributed by atoms with Gasteiger partial charge in [0.1, 0.15) is 17.9 Å². The van der Waals surface area contributed by atoms with Crippen molar-refractivity contribution in [3.8, 4) is 22.8 Å². The number of imidazole rings is 1. The van der Waals surface area contributed by atoms with E-state index in [-0.39, 0.29) is 6.04 Å². The molecule has 0 fully saturated rings. The minimum atomic E-state index is 0.0455. The zero-order valence-electron chi connectivity index (χ0n) is 17.9. The fourth-order valence-electron chi connectivity index (χ4n) is 3.71. The van der Waals surface area contributed by atoms with Crippen LogP contribution < -0.4 is 10.1 Å². The number of ether oxygens (including phenoxy) is 1. The van der Waals surface area contributed by atoms with E-state index in [0.717, 1.165) is 39.4 Å². The maximum Gasteiger partial charge on any atom is 0.225 e. The number of aromatic nitrogens is 4. The minimum Gasteiger partial charge on any atom is -0.497 e. The summed E-state index contributed by atoms with van der Waals surface area (Å²) in [6, 6.07) is 28.2. The predicted molar refractivity (Wildman–Crippen MR) is 127 cm³/mol. The molecule has 1 atom stereocenters. The van der Waals surface area contributed by atoms with Crippen LogP contribution in [0.3, 0.4) is 0 Å². The normalized spacial score (nSPS) is 11.9. The lowest BCUT2D eigenvalue weighted by Crippen LogP contribution is -2.11. The molecule has 0 saturated carbocycles. The number of para-hydroxylation sites is 2. The largest absolute Gasteiger partial charge is 0.497 e. The van der Waals surface area contributed by atoms with Crippen molar-refractivity contribution < 1.29 is 4.74 Å². The van der Waals surface area contributed by atoms with Gasteiger partial charge < -0.3 is 10.1 Å². The lowest BCUT2D eigenvalue weighted by molar-refractivity contribution is 0.415. The summed E-state index contributed by atoms with van der Waals surface area (Å²) in [4.78, 5) is 14.2. The van der Waals surface area contributed by atoms with Crippen molar-refractivity contribution in [2.45, 2.75) is 13.0 Å². The van der Waals surface area contributed by atoms with Crippen LogP contribution in [0.15, 0.2) is 91.3 Å². The topological polar surface area (TPSA) is 64.9 Å². The van der Waals surface area contributed by atoms with Gasteiger partial charge >= 0.3 is 0 Å². The first-order valence-corrected chi connectivity index (χ1v) is 10.5. The van der Waals surface area contributed by atoms with E-state index in [1.165, 1.54) is 0 Å². The van der Waals surface area contributed by atoms with Crippen molar-refractivity contribution in [1.29, 1.82) is 0 Å². The van der Waals surface area contributed by atoms with E-state index in [1.54, 1.807) is 13.4 Å². The van der Waals surface area contributed by atoms with E-state index < -0.39 is 0 Å². The highest BCUT2D eigenvalue weighted by Gasteiger charge is 2.14. The SMILES string of the molecule is COc1cccc(-c2cc(-n3cnc4ccccc43)nc(N[C@@H](C)c3ccccc3)n2)c1. The Labute approximate surface area is 186 Å². The van der Waals surface area contributed by atoms with E-state index in [2.05, 4.69) is 29.4 Å². The summed E-state index contributed by atoms with van der Waals surface area (Å²) in [5.41, 5.74) is 4.82. The third-order valence-electron chi connectivity index (χ3n) is 5.42. The zero-order chi connectivity index (χ0) is 21.9. The molecule has 32 heavy (non-hydrogen) atoms. The number of rotatable bonds is 6. The second-order valence-corrected chi connectivity index (χ2v) is 7.55. The van der Waals surface area contributed by atoms with Crippen LogP contribution in [-0.4, -0.2) is 26.6 Å². The summed E-state index contributed by atoms with van der Waals surface area (Å²) >= 11 is 0. The molecule has 0 unspecified atom stereocenters. The molecule has 3 aromatic carbocycles. The number of nitrogens with zero attached hydrogens (tertiary/aromatic N) is 4. The van der Waals surface area contributed by atoms with Gasteiger partial charge in [-0.15, -0.1) is 0 Å². The summed E-state index contributed by atoms with van der Waals surface area (Å²) in [6.07, 6.45) is 1.80. The van der Waals surface area contributed by atoms with Crippen LogP contribution in [0.4, 0.5) is 5.95 Å². The van der Waals surface area contributed by atoms with Crippen molar-refractivity contribution in [2.24, 2.45) is 0 Å². The van der Waals surface area contributed by atoms with Crippen molar-refractivity contribution >= 4 is 17.0 Å². The van der Waals surface area contributed by atoms with Gasteiger partial charge in [0.25, 0.3) is 0 Å². The first kappa shape index (κ1) is 19.8. The van der Waals surface area contributed by atoms with E-state index in [9.17, 15) is 0 Å². The van der Waals surface area contributed by atoms with Gasteiger partial charge in [-0.05, 0) is 36.8 Å². The van der Waals surface area contributed by atoms with Gasteiger partial charge in [0, 0.05) is 11.6 Å². The Balaban J connectivity index is 1.62. The second kappa shape index (κ2) is 8.51. The highest BCUT2D eigenvalue weighted by molar-refractivity contribution is 5.77. The fourth-order valence-corrected chi connectivity index (χ4v) is 3.71. The Morgan fingerprint density at radius 1 is 0.875 bits per heavy atom. The number of hydrogen-bond acceptors (Lipinski definition) is 5. The molecule has 0 spiro atoms. The molecule has 0 bridgehead atoms. The molecule has 5 aromatic rings. The molecule has 0 aliphatic carbocycles. The number of methoxy groups -OCH3 is 1. The maximum atomic E-state index is 5.41. The van der Waals surface area contributed by atoms with Crippen molar-refractivity contribution in [3.63, 3.8) is 0 Å². The van der Waals surface area contributed by atoms with Crippen molar-refractivity contribution in [1.82, 2.24) is 19.5 Å². The monoisotopic (exact) mass is 421 g/mol. The highest BCUT2D eigenvalue weighted by Crippen LogP contribution is 2.27. The summed E-state index contributed by atoms with van der Waals surface area (Å²) in [7, 11) is 1.66. The van der Waals surface area contributed by atoms with Gasteiger partial charge in [-0.25, -0.2) is 9.97 Å². The molecular weight excluding hydrogens is 398 g/mol. The van der Waals surface area contributed by atoms with Gasteiger partial charge in [0.2, 0.25) is 5.95 Å². The first-order valence-electron chi connectivity index (χ1n) is 10.5. The molecule has 0 aliphatic heterocycles. The van der Waals surface area contributed by atoms with Crippen LogP contribution in [0.1, 0.15) is 18.5 Å². The van der Waals surface area contributed by atoms with E-state index in [1.807, 2.05) is 77.4 Å². The molecule has 0 amide bonds. The van der Waals surface area contributed by atoms with E-state index in [4.69, 9.17) is 14.7 Å². The van der Waals surface area contributed by atoms with E-state index in [0.29, 0.717) is 5.95 Å². The third-order valence-corrected chi connectivity index (χ3v) is 5.42. The van der Waals surface area contributed by atoms with Crippen molar-refractivity contribution in [2.75, 3.05) is 12.4 Å². The number of hydrogen-bond donors (Lipinski definition) is 1. The van der Waals surface area contributed by atoms with Crippen LogP contribution in [0, 0.1) is 0 Å². The average Bonchev–Trinajstić information content (AvgIpc) is 3.29. The van der Waals surface area contributed by atoms with Crippen LogP contribution in [0.25, 0.3) is 28.1 Å². The van der Waals surface area contributed by atoms with Gasteiger partial charge in [0.15, 0.2) is 0 Å².